The molecule has 2 aromatic rings. The standard InChI is InChI=1S/C15H19NO3.C9H15IO4.C8H12O3.C7H9NO.CH4.ClH/c1-4-13-14(19-15(2,3)18-13)11-16(17)10-12-8-6-5-7-9-12;1-9(2)13-6-5(4-10)12-8(11-3)7(6)14-9;1-4-6-7(5-9)11-8(2,3)10-6;9-8-6-7-4-2-1-3-5-7;;/h4-9,11,13-14H,1,10H2,2-3H3;5-8H,4H2,1-3H3;4-7H,1H2,2-3H3;1-5,8-9H,6H2;1H4;1H/b16-11-;;;;;/t13-,14+;5-,6-,7-,8-;6-,7+;;;/m111.../s1. The van der Waals surface area contributed by atoms with E-state index in [0.29, 0.717) is 13.1 Å². The van der Waals surface area contributed by atoms with Crippen molar-refractivity contribution in [3.8, 4) is 0 Å². The molecule has 0 aliphatic carbocycles. The molecule has 0 spiro atoms. The molecule has 15 heteroatoms. The van der Waals surface area contributed by atoms with Gasteiger partial charge < -0.3 is 53.1 Å². The average Bonchev–Trinajstić information content (AvgIpc) is 3.82. The Bertz CT molecular complexity index is 1410. The fourth-order valence-corrected chi connectivity index (χ4v) is 6.55. The maximum atomic E-state index is 11.9. The first-order valence-electron chi connectivity index (χ1n) is 17.3. The van der Waals surface area contributed by atoms with E-state index in [0.717, 1.165) is 26.6 Å². The minimum Gasteiger partial charge on any atom is -0.624 e. The average molecular weight is 907 g/mol. The minimum absolute atomic E-state index is 0. The highest BCUT2D eigenvalue weighted by Crippen LogP contribution is 2.39. The summed E-state index contributed by atoms with van der Waals surface area (Å²) in [5.74, 6) is -1.86. The molecule has 310 valence electrons. The number of carbonyl (C=O) groups excluding carboxylic acids is 1. The molecule has 0 bridgehead atoms. The van der Waals surface area contributed by atoms with Crippen molar-refractivity contribution in [3.05, 3.63) is 102 Å². The molecule has 0 amide bonds. The molecule has 0 unspecified atom stereocenters. The molecule has 2 aromatic carbocycles. The van der Waals surface area contributed by atoms with E-state index in [2.05, 4.69) is 41.2 Å². The molecule has 4 fully saturated rings. The molecular weight excluding hydrogens is 847 g/mol. The van der Waals surface area contributed by atoms with Gasteiger partial charge in [-0.1, -0.05) is 103 Å². The van der Waals surface area contributed by atoms with Gasteiger partial charge in [-0.2, -0.15) is 0 Å². The van der Waals surface area contributed by atoms with Gasteiger partial charge in [0.2, 0.25) is 0 Å². The number of hydrogen-bond acceptors (Lipinski definition) is 12. The van der Waals surface area contributed by atoms with Gasteiger partial charge in [0.15, 0.2) is 48.8 Å². The molecule has 0 saturated carbocycles. The maximum Gasteiger partial charge on any atom is 0.186 e. The van der Waals surface area contributed by atoms with Gasteiger partial charge in [0, 0.05) is 23.6 Å². The molecule has 4 heterocycles. The van der Waals surface area contributed by atoms with Crippen LogP contribution in [-0.4, -0.2) is 100 Å². The molecule has 6 rings (SSSR count). The predicted octanol–water partition coefficient (Wildman–Crippen LogP) is 6.90. The normalized spacial score (nSPS) is 29.2. The van der Waals surface area contributed by atoms with Gasteiger partial charge in [-0.15, -0.1) is 25.6 Å². The number of carbonyl (C=O) groups is 1. The Morgan fingerprint density at radius 1 is 0.800 bits per heavy atom. The zero-order valence-corrected chi connectivity index (χ0v) is 35.0. The van der Waals surface area contributed by atoms with Gasteiger partial charge in [0.25, 0.3) is 0 Å². The topological polar surface area (TPSA) is 149 Å². The third kappa shape index (κ3) is 16.2. The van der Waals surface area contributed by atoms with E-state index < -0.39 is 29.6 Å². The maximum absolute atomic E-state index is 11.9. The Morgan fingerprint density at radius 2 is 1.25 bits per heavy atom. The first-order valence-corrected chi connectivity index (χ1v) is 18.9. The lowest BCUT2D eigenvalue weighted by Gasteiger charge is -2.22. The lowest BCUT2D eigenvalue weighted by Crippen LogP contribution is -2.30. The summed E-state index contributed by atoms with van der Waals surface area (Å²) in [7, 11) is 1.63. The van der Waals surface area contributed by atoms with Crippen molar-refractivity contribution in [2.75, 3.05) is 11.5 Å². The molecule has 4 aliphatic heterocycles. The lowest BCUT2D eigenvalue weighted by molar-refractivity contribution is -0.473. The Balaban J connectivity index is 0.000000376. The van der Waals surface area contributed by atoms with Gasteiger partial charge in [0.1, 0.15) is 30.5 Å². The molecule has 55 heavy (non-hydrogen) atoms. The van der Waals surface area contributed by atoms with E-state index in [-0.39, 0.29) is 56.6 Å². The number of hydroxylamine groups is 2. The highest BCUT2D eigenvalue weighted by atomic mass is 127. The Morgan fingerprint density at radius 3 is 1.71 bits per heavy atom. The van der Waals surface area contributed by atoms with Crippen LogP contribution in [0.25, 0.3) is 0 Å². The van der Waals surface area contributed by atoms with Crippen molar-refractivity contribution in [3.63, 3.8) is 0 Å². The predicted molar refractivity (Wildman–Crippen MR) is 221 cm³/mol. The van der Waals surface area contributed by atoms with Crippen molar-refractivity contribution < 1.29 is 52.6 Å². The molecule has 8 atom stereocenters. The van der Waals surface area contributed by atoms with Crippen molar-refractivity contribution in [1.82, 2.24) is 5.48 Å². The van der Waals surface area contributed by atoms with Crippen molar-refractivity contribution in [2.45, 2.75) is 128 Å². The number of benzene rings is 2. The van der Waals surface area contributed by atoms with Crippen LogP contribution < -0.4 is 5.48 Å². The van der Waals surface area contributed by atoms with Crippen LogP contribution in [-0.2, 0) is 55.8 Å². The van der Waals surface area contributed by atoms with E-state index >= 15 is 0 Å². The van der Waals surface area contributed by atoms with E-state index in [4.69, 9.17) is 43.1 Å². The fourth-order valence-electron chi connectivity index (χ4n) is 5.84. The number of ether oxygens (including phenoxy) is 8. The summed E-state index contributed by atoms with van der Waals surface area (Å²) in [5, 5.41) is 20.2. The zero-order chi connectivity index (χ0) is 39.2. The second kappa shape index (κ2) is 23.8. The van der Waals surface area contributed by atoms with Crippen LogP contribution in [0.2, 0.25) is 0 Å². The van der Waals surface area contributed by atoms with Gasteiger partial charge in [0.05, 0.1) is 6.10 Å². The number of fused-ring (bicyclic) bond motifs is 1. The molecule has 4 aliphatic rings. The number of methoxy groups -OCH3 is 1. The number of alkyl halides is 1. The molecule has 0 aromatic heterocycles. The SMILES string of the molecule is C.C=C[C@H]1OC(C)(C)O[C@H]1/C=[N+](\[O-])Cc1ccccc1.C=C[C@H]1OC(C)(C)O[C@H]1C=O.CO[C@@H]1O[C@H](CI)[C@H]2OC(C)(C)O[C@@H]12.Cl.ONCc1ccccc1. The number of halogens is 2. The van der Waals surface area contributed by atoms with Crippen LogP contribution in [0.3, 0.4) is 0 Å². The Kier molecular flexibility index (Phi) is 21.9. The van der Waals surface area contributed by atoms with Gasteiger partial charge >= 0.3 is 0 Å². The van der Waals surface area contributed by atoms with Crippen molar-refractivity contribution in [1.29, 1.82) is 0 Å². The van der Waals surface area contributed by atoms with E-state index in [1.54, 1.807) is 33.1 Å². The van der Waals surface area contributed by atoms with E-state index in [9.17, 15) is 10.0 Å². The first-order chi connectivity index (χ1) is 25.1. The van der Waals surface area contributed by atoms with Gasteiger partial charge in [-0.3, -0.25) is 0 Å². The summed E-state index contributed by atoms with van der Waals surface area (Å²) in [5.41, 5.74) is 4.13. The third-order valence-corrected chi connectivity index (χ3v) is 8.91. The number of aldehydes is 1. The van der Waals surface area contributed by atoms with Crippen LogP contribution in [0, 0.1) is 5.21 Å². The Hall–Kier alpha value is -2.32. The lowest BCUT2D eigenvalue weighted by atomic mass is 10.2. The number of nitrogens with one attached hydrogen (secondary N) is 1. The summed E-state index contributed by atoms with van der Waals surface area (Å²) in [6, 6.07) is 19.3. The van der Waals surface area contributed by atoms with Gasteiger partial charge in [-0.25, -0.2) is 10.2 Å². The number of nitrogens with zero attached hydrogens (tertiary/aromatic N) is 1. The van der Waals surface area contributed by atoms with Crippen LogP contribution in [0.1, 0.15) is 60.1 Å². The van der Waals surface area contributed by atoms with E-state index in [1.807, 2.05) is 88.4 Å². The fraction of sp³-hybridized carbons (Fsp3) is 0.550. The van der Waals surface area contributed by atoms with Crippen LogP contribution in [0.15, 0.2) is 86.0 Å². The molecular formula is C40H60ClIN2O11. The quantitative estimate of drug-likeness (QED) is 0.0374. The summed E-state index contributed by atoms with van der Waals surface area (Å²) in [6.07, 6.45) is 3.70. The first kappa shape index (κ1) is 50.7. The van der Waals surface area contributed by atoms with Crippen LogP contribution >= 0.6 is 35.0 Å². The van der Waals surface area contributed by atoms with Crippen molar-refractivity contribution >= 4 is 47.5 Å². The van der Waals surface area contributed by atoms with Crippen LogP contribution in [0.4, 0.5) is 0 Å². The van der Waals surface area contributed by atoms with Crippen molar-refractivity contribution in [2.24, 2.45) is 0 Å². The molecule has 13 nitrogen and oxygen atoms in total. The number of rotatable bonds is 10. The summed E-state index contributed by atoms with van der Waals surface area (Å²) >= 11 is 2.29. The van der Waals surface area contributed by atoms with Gasteiger partial charge in [-0.05, 0) is 47.1 Å². The zero-order valence-electron chi connectivity index (χ0n) is 32.0. The third-order valence-electron chi connectivity index (χ3n) is 8.04. The second-order valence-corrected chi connectivity index (χ2v) is 14.6. The largest absolute Gasteiger partial charge is 0.624 e. The number of hydrogen-bond donors (Lipinski definition) is 2. The minimum atomic E-state index is -0.687. The second-order valence-electron chi connectivity index (χ2n) is 13.8. The summed E-state index contributed by atoms with van der Waals surface area (Å²) < 4.78 is 46.0. The smallest absolute Gasteiger partial charge is 0.186 e. The highest BCUT2D eigenvalue weighted by molar-refractivity contribution is 14.1. The highest BCUT2D eigenvalue weighted by Gasteiger charge is 2.55. The summed E-state index contributed by atoms with van der Waals surface area (Å²) in [6.45, 7) is 19.1. The molecule has 4 saturated heterocycles. The molecule has 2 N–H and O–H groups in total. The Labute approximate surface area is 346 Å². The summed E-state index contributed by atoms with van der Waals surface area (Å²) in [4.78, 5) is 10.4. The molecule has 0 radical (unpaired) electrons. The van der Waals surface area contributed by atoms with Crippen LogP contribution in [0.5, 0.6) is 0 Å². The van der Waals surface area contributed by atoms with E-state index in [1.165, 1.54) is 6.21 Å². The monoisotopic (exact) mass is 906 g/mol.